The summed E-state index contributed by atoms with van der Waals surface area (Å²) in [5.74, 6) is 0.811. The molecule has 0 atom stereocenters. The van der Waals surface area contributed by atoms with Crippen molar-refractivity contribution in [2.75, 3.05) is 5.73 Å². The van der Waals surface area contributed by atoms with Gasteiger partial charge in [0, 0.05) is 6.42 Å². The van der Waals surface area contributed by atoms with Crippen LogP contribution in [-0.2, 0) is 6.42 Å². The van der Waals surface area contributed by atoms with Crippen molar-refractivity contribution in [3.8, 4) is 0 Å². The van der Waals surface area contributed by atoms with Gasteiger partial charge in [-0.15, -0.1) is 0 Å². The molecule has 0 aliphatic rings. The van der Waals surface area contributed by atoms with E-state index in [-0.39, 0.29) is 0 Å². The van der Waals surface area contributed by atoms with E-state index in [1.807, 2.05) is 0 Å². The molecular weight excluding hydrogens is 286 g/mol. The summed E-state index contributed by atoms with van der Waals surface area (Å²) in [5, 5.41) is 0. The molecule has 0 spiro atoms. The average molecular weight is 295 g/mol. The highest BCUT2D eigenvalue weighted by atomic mass is 79.9. The topological polar surface area (TPSA) is 51.8 Å². The molecule has 0 aromatic carbocycles. The van der Waals surface area contributed by atoms with E-state index < -0.39 is 0 Å². The van der Waals surface area contributed by atoms with Gasteiger partial charge >= 0.3 is 0 Å². The third-order valence-corrected chi connectivity index (χ3v) is 2.58. The summed E-state index contributed by atoms with van der Waals surface area (Å²) in [6.07, 6.45) is 1.90. The van der Waals surface area contributed by atoms with Crippen LogP contribution in [0.15, 0.2) is 9.21 Å². The summed E-state index contributed by atoms with van der Waals surface area (Å²) in [7, 11) is 0. The number of hydrogen-bond donors (Lipinski definition) is 1. The summed E-state index contributed by atoms with van der Waals surface area (Å²) in [5.41, 5.74) is 6.18. The van der Waals surface area contributed by atoms with E-state index in [1.54, 1.807) is 0 Å². The largest absolute Gasteiger partial charge is 0.394 e. The average Bonchev–Trinajstić information content (AvgIpc) is 2.01. The Morgan fingerprint density at radius 3 is 2.17 bits per heavy atom. The van der Waals surface area contributed by atoms with E-state index in [0.717, 1.165) is 18.7 Å². The molecular formula is C7H9Br2N3. The zero-order valence-electron chi connectivity index (χ0n) is 6.64. The summed E-state index contributed by atoms with van der Waals surface area (Å²) in [4.78, 5) is 8.35. The molecule has 0 bridgehead atoms. The van der Waals surface area contributed by atoms with Gasteiger partial charge < -0.3 is 5.73 Å². The Kier molecular flexibility index (Phi) is 3.46. The monoisotopic (exact) mass is 293 g/mol. The van der Waals surface area contributed by atoms with E-state index in [0.29, 0.717) is 14.9 Å². The molecule has 0 unspecified atom stereocenters. The van der Waals surface area contributed by atoms with Gasteiger partial charge in [-0.2, -0.15) is 0 Å². The number of nitrogens with zero attached hydrogens (tertiary/aromatic N) is 2. The van der Waals surface area contributed by atoms with Gasteiger partial charge in [-0.05, 0) is 38.3 Å². The van der Waals surface area contributed by atoms with Crippen LogP contribution >= 0.6 is 31.9 Å². The standard InChI is InChI=1S/C7H9Br2N3/c1-2-3-4-11-6(8)5(10)7(9)12-4/h2-3,10H2,1H3. The van der Waals surface area contributed by atoms with E-state index in [4.69, 9.17) is 5.73 Å². The molecule has 5 heteroatoms. The van der Waals surface area contributed by atoms with E-state index in [1.165, 1.54) is 0 Å². The second-order valence-electron chi connectivity index (χ2n) is 2.39. The number of rotatable bonds is 2. The molecule has 0 aliphatic carbocycles. The van der Waals surface area contributed by atoms with Crippen LogP contribution in [-0.4, -0.2) is 9.97 Å². The highest BCUT2D eigenvalue weighted by Gasteiger charge is 2.06. The van der Waals surface area contributed by atoms with Crippen LogP contribution in [0.1, 0.15) is 19.2 Å². The minimum absolute atomic E-state index is 0.551. The Bertz CT molecular complexity index is 265. The number of halogens is 2. The number of aryl methyl sites for hydroxylation is 1. The Labute approximate surface area is 88.0 Å². The Morgan fingerprint density at radius 1 is 1.25 bits per heavy atom. The molecule has 1 aromatic rings. The molecule has 1 aromatic heterocycles. The van der Waals surface area contributed by atoms with Gasteiger partial charge in [0.05, 0.1) is 5.69 Å². The van der Waals surface area contributed by atoms with Crippen molar-refractivity contribution in [3.05, 3.63) is 15.0 Å². The lowest BCUT2D eigenvalue weighted by atomic mass is 10.3. The van der Waals surface area contributed by atoms with Gasteiger partial charge in [0.2, 0.25) is 0 Å². The van der Waals surface area contributed by atoms with Crippen molar-refractivity contribution in [3.63, 3.8) is 0 Å². The molecule has 0 fully saturated rings. The highest BCUT2D eigenvalue weighted by Crippen LogP contribution is 2.24. The minimum atomic E-state index is 0.551. The quantitative estimate of drug-likeness (QED) is 0.853. The maximum absolute atomic E-state index is 5.63. The van der Waals surface area contributed by atoms with E-state index in [9.17, 15) is 0 Å². The zero-order chi connectivity index (χ0) is 9.14. The van der Waals surface area contributed by atoms with Crippen molar-refractivity contribution in [2.24, 2.45) is 0 Å². The summed E-state index contributed by atoms with van der Waals surface area (Å²) >= 11 is 6.52. The first-order chi connectivity index (χ1) is 5.65. The van der Waals surface area contributed by atoms with E-state index >= 15 is 0 Å². The maximum atomic E-state index is 5.63. The summed E-state index contributed by atoms with van der Waals surface area (Å²) in [6, 6.07) is 0. The van der Waals surface area contributed by atoms with Crippen LogP contribution in [0, 0.1) is 0 Å². The number of nitrogen functional groups attached to an aromatic ring is 1. The first-order valence-electron chi connectivity index (χ1n) is 3.62. The van der Waals surface area contributed by atoms with Crippen LogP contribution in [0.4, 0.5) is 5.69 Å². The number of nitrogens with two attached hydrogens (primary N) is 1. The zero-order valence-corrected chi connectivity index (χ0v) is 9.81. The SMILES string of the molecule is CCCc1nc(Br)c(N)c(Br)n1. The molecule has 0 radical (unpaired) electrons. The molecule has 3 nitrogen and oxygen atoms in total. The van der Waals surface area contributed by atoms with Crippen molar-refractivity contribution >= 4 is 37.5 Å². The molecule has 1 rings (SSSR count). The molecule has 1 heterocycles. The van der Waals surface area contributed by atoms with Gasteiger partial charge in [-0.1, -0.05) is 6.92 Å². The van der Waals surface area contributed by atoms with Crippen molar-refractivity contribution in [1.82, 2.24) is 9.97 Å². The van der Waals surface area contributed by atoms with Crippen LogP contribution < -0.4 is 5.73 Å². The fourth-order valence-corrected chi connectivity index (χ4v) is 1.84. The fourth-order valence-electron chi connectivity index (χ4n) is 0.793. The van der Waals surface area contributed by atoms with Gasteiger partial charge in [0.25, 0.3) is 0 Å². The highest BCUT2D eigenvalue weighted by molar-refractivity contribution is 9.11. The predicted molar refractivity (Wildman–Crippen MR) is 55.8 cm³/mol. The first-order valence-corrected chi connectivity index (χ1v) is 5.21. The molecule has 0 aliphatic heterocycles. The lowest BCUT2D eigenvalue weighted by molar-refractivity contribution is 0.825. The van der Waals surface area contributed by atoms with Gasteiger partial charge in [-0.3, -0.25) is 0 Å². The van der Waals surface area contributed by atoms with Gasteiger partial charge in [0.15, 0.2) is 0 Å². The summed E-state index contributed by atoms with van der Waals surface area (Å²) < 4.78 is 1.32. The second kappa shape index (κ2) is 4.18. The molecule has 12 heavy (non-hydrogen) atoms. The smallest absolute Gasteiger partial charge is 0.133 e. The first kappa shape index (κ1) is 9.92. The van der Waals surface area contributed by atoms with E-state index in [2.05, 4.69) is 48.8 Å². The van der Waals surface area contributed by atoms with Crippen LogP contribution in [0.25, 0.3) is 0 Å². The third kappa shape index (κ3) is 2.17. The molecule has 0 saturated carbocycles. The number of aromatic nitrogens is 2. The fraction of sp³-hybridized carbons (Fsp3) is 0.429. The number of anilines is 1. The normalized spacial score (nSPS) is 10.2. The Morgan fingerprint density at radius 2 is 1.75 bits per heavy atom. The van der Waals surface area contributed by atoms with Crippen LogP contribution in [0.2, 0.25) is 0 Å². The maximum Gasteiger partial charge on any atom is 0.133 e. The lowest BCUT2D eigenvalue weighted by Crippen LogP contribution is -2.00. The minimum Gasteiger partial charge on any atom is -0.394 e. The van der Waals surface area contributed by atoms with Crippen molar-refractivity contribution in [1.29, 1.82) is 0 Å². The van der Waals surface area contributed by atoms with Crippen molar-refractivity contribution < 1.29 is 0 Å². The molecule has 0 amide bonds. The van der Waals surface area contributed by atoms with Crippen LogP contribution in [0.3, 0.4) is 0 Å². The molecule has 0 saturated heterocycles. The van der Waals surface area contributed by atoms with Gasteiger partial charge in [-0.25, -0.2) is 9.97 Å². The second-order valence-corrected chi connectivity index (χ2v) is 3.89. The Hall–Kier alpha value is -0.160. The third-order valence-electron chi connectivity index (χ3n) is 1.37. The van der Waals surface area contributed by atoms with Gasteiger partial charge in [0.1, 0.15) is 15.0 Å². The van der Waals surface area contributed by atoms with Crippen LogP contribution in [0.5, 0.6) is 0 Å². The number of hydrogen-bond acceptors (Lipinski definition) is 3. The summed E-state index contributed by atoms with van der Waals surface area (Å²) in [6.45, 7) is 2.08. The molecule has 2 N–H and O–H groups in total. The molecule has 66 valence electrons. The predicted octanol–water partition coefficient (Wildman–Crippen LogP) is 2.54. The van der Waals surface area contributed by atoms with Crippen molar-refractivity contribution in [2.45, 2.75) is 19.8 Å². The lowest BCUT2D eigenvalue weighted by Gasteiger charge is -2.02. The Balaban J connectivity index is 3.04.